The lowest BCUT2D eigenvalue weighted by Crippen LogP contribution is -2.27. The van der Waals surface area contributed by atoms with Crippen molar-refractivity contribution in [2.24, 2.45) is 5.41 Å². The minimum atomic E-state index is 0.00255. The number of hydrogen-bond acceptors (Lipinski definition) is 3. The fourth-order valence-electron chi connectivity index (χ4n) is 2.37. The fraction of sp³-hybridized carbons (Fsp3) is 0.476. The Bertz CT molecular complexity index is 653. The summed E-state index contributed by atoms with van der Waals surface area (Å²) in [6, 6.07) is 7.31. The van der Waals surface area contributed by atoms with Crippen molar-refractivity contribution in [1.82, 2.24) is 10.2 Å². The van der Waals surface area contributed by atoms with Crippen molar-refractivity contribution < 1.29 is 14.4 Å². The molecule has 0 unspecified atom stereocenters. The monoisotopic (exact) mass is 358 g/mol. The Kier molecular flexibility index (Phi) is 7.75. The van der Waals surface area contributed by atoms with Gasteiger partial charge in [-0.1, -0.05) is 51.6 Å². The first-order valence-corrected chi connectivity index (χ1v) is 8.80. The first-order valence-electron chi connectivity index (χ1n) is 8.80. The second-order valence-electron chi connectivity index (χ2n) is 7.79. The van der Waals surface area contributed by atoms with Gasteiger partial charge in [0.25, 0.3) is 0 Å². The summed E-state index contributed by atoms with van der Waals surface area (Å²) in [6.07, 6.45) is 2.00. The van der Waals surface area contributed by atoms with E-state index in [-0.39, 0.29) is 23.0 Å². The summed E-state index contributed by atoms with van der Waals surface area (Å²) in [5, 5.41) is 2.88. The SMILES string of the molecule is C=C1CCC(=O)N1C.CC(=O)c1ccc(CNC(=O)CC(C)(C)C)cc1. The molecule has 0 aromatic heterocycles. The van der Waals surface area contributed by atoms with Crippen molar-refractivity contribution in [3.8, 4) is 0 Å². The summed E-state index contributed by atoms with van der Waals surface area (Å²) in [6.45, 7) is 11.8. The maximum Gasteiger partial charge on any atom is 0.226 e. The smallest absolute Gasteiger partial charge is 0.226 e. The van der Waals surface area contributed by atoms with Gasteiger partial charge >= 0.3 is 0 Å². The Labute approximate surface area is 156 Å². The highest BCUT2D eigenvalue weighted by atomic mass is 16.2. The van der Waals surface area contributed by atoms with Gasteiger partial charge in [0.1, 0.15) is 0 Å². The molecule has 1 heterocycles. The van der Waals surface area contributed by atoms with Gasteiger partial charge in [0.2, 0.25) is 11.8 Å². The van der Waals surface area contributed by atoms with Crippen molar-refractivity contribution in [3.63, 3.8) is 0 Å². The highest BCUT2D eigenvalue weighted by Crippen LogP contribution is 2.18. The van der Waals surface area contributed by atoms with Gasteiger partial charge in [0.05, 0.1) is 0 Å². The second-order valence-corrected chi connectivity index (χ2v) is 7.79. The zero-order valence-electron chi connectivity index (χ0n) is 16.5. The molecule has 0 aliphatic carbocycles. The van der Waals surface area contributed by atoms with Gasteiger partial charge in [-0.3, -0.25) is 14.4 Å². The molecule has 1 aromatic rings. The molecule has 1 saturated heterocycles. The minimum Gasteiger partial charge on any atom is -0.352 e. The van der Waals surface area contributed by atoms with E-state index in [1.807, 2.05) is 32.9 Å². The maximum atomic E-state index is 11.6. The number of Topliss-reactive ketones (excluding diaryl/α,β-unsaturated/α-hetero) is 1. The molecule has 0 saturated carbocycles. The molecule has 1 aliphatic heterocycles. The highest BCUT2D eigenvalue weighted by molar-refractivity contribution is 5.94. The van der Waals surface area contributed by atoms with Gasteiger partial charge in [0, 0.05) is 37.7 Å². The van der Waals surface area contributed by atoms with Crippen LogP contribution in [0.5, 0.6) is 0 Å². The van der Waals surface area contributed by atoms with Crippen LogP contribution in [0.15, 0.2) is 36.5 Å². The van der Waals surface area contributed by atoms with Gasteiger partial charge in [-0.05, 0) is 24.3 Å². The Morgan fingerprint density at radius 2 is 1.73 bits per heavy atom. The van der Waals surface area contributed by atoms with Crippen LogP contribution in [0.2, 0.25) is 0 Å². The van der Waals surface area contributed by atoms with Crippen LogP contribution in [-0.2, 0) is 16.1 Å². The lowest BCUT2D eigenvalue weighted by molar-refractivity contribution is -0.125. The third-order valence-electron chi connectivity index (χ3n) is 4.02. The van der Waals surface area contributed by atoms with Crippen molar-refractivity contribution >= 4 is 17.6 Å². The van der Waals surface area contributed by atoms with Crippen LogP contribution in [0.25, 0.3) is 0 Å². The minimum absolute atomic E-state index is 0.00255. The van der Waals surface area contributed by atoms with Crippen LogP contribution in [0.1, 0.15) is 62.9 Å². The standard InChI is InChI=1S/C15H21NO2.C6H9NO/c1-11(17)13-7-5-12(6-8-13)10-16-14(18)9-15(2,3)4;1-5-3-4-6(8)7(5)2/h5-8H,9-10H2,1-4H3,(H,16,18);1,3-4H2,2H3. The van der Waals surface area contributed by atoms with Gasteiger partial charge in [-0.25, -0.2) is 0 Å². The van der Waals surface area contributed by atoms with Crippen LogP contribution in [-0.4, -0.2) is 29.5 Å². The molecule has 0 atom stereocenters. The lowest BCUT2D eigenvalue weighted by Gasteiger charge is -2.17. The Hall–Kier alpha value is -2.43. The van der Waals surface area contributed by atoms with Gasteiger partial charge in [-0.2, -0.15) is 0 Å². The zero-order chi connectivity index (χ0) is 19.9. The molecule has 2 rings (SSSR count). The molecule has 1 fully saturated rings. The predicted molar refractivity (Wildman–Crippen MR) is 104 cm³/mol. The number of carbonyl (C=O) groups excluding carboxylic acids is 3. The molecule has 1 aromatic carbocycles. The normalized spacial score (nSPS) is 14.0. The quantitative estimate of drug-likeness (QED) is 0.835. The third-order valence-corrected chi connectivity index (χ3v) is 4.02. The molecule has 142 valence electrons. The number of likely N-dealkylation sites (tertiary alicyclic amines) is 1. The summed E-state index contributed by atoms with van der Waals surface area (Å²) < 4.78 is 0. The number of nitrogens with one attached hydrogen (secondary N) is 1. The number of allylic oxidation sites excluding steroid dienone is 1. The molecule has 5 heteroatoms. The van der Waals surface area contributed by atoms with Crippen molar-refractivity contribution in [3.05, 3.63) is 47.7 Å². The molecular weight excluding hydrogens is 328 g/mol. The highest BCUT2D eigenvalue weighted by Gasteiger charge is 2.19. The topological polar surface area (TPSA) is 66.5 Å². The van der Waals surface area contributed by atoms with E-state index in [2.05, 4.69) is 11.9 Å². The van der Waals surface area contributed by atoms with E-state index in [0.29, 0.717) is 24.9 Å². The summed E-state index contributed by atoms with van der Waals surface area (Å²) in [5.41, 5.74) is 2.64. The molecule has 2 amide bonds. The van der Waals surface area contributed by atoms with E-state index >= 15 is 0 Å². The number of ketones is 1. The summed E-state index contributed by atoms with van der Waals surface area (Å²) in [5.74, 6) is 0.298. The molecule has 0 spiro atoms. The van der Waals surface area contributed by atoms with Crippen LogP contribution < -0.4 is 5.32 Å². The Morgan fingerprint density at radius 1 is 1.15 bits per heavy atom. The first-order chi connectivity index (χ1) is 12.0. The lowest BCUT2D eigenvalue weighted by atomic mass is 9.92. The van der Waals surface area contributed by atoms with E-state index in [0.717, 1.165) is 17.7 Å². The molecule has 0 radical (unpaired) electrons. The number of benzene rings is 1. The summed E-state index contributed by atoms with van der Waals surface area (Å²) >= 11 is 0. The van der Waals surface area contributed by atoms with Gasteiger partial charge < -0.3 is 10.2 Å². The number of hydrogen-bond donors (Lipinski definition) is 1. The van der Waals surface area contributed by atoms with E-state index in [4.69, 9.17) is 0 Å². The number of amides is 2. The van der Waals surface area contributed by atoms with Crippen molar-refractivity contribution in [2.75, 3.05) is 7.05 Å². The molecule has 1 aliphatic rings. The van der Waals surface area contributed by atoms with E-state index in [9.17, 15) is 14.4 Å². The molecular formula is C21H30N2O3. The van der Waals surface area contributed by atoms with Gasteiger partial charge in [-0.15, -0.1) is 0 Å². The maximum absolute atomic E-state index is 11.6. The number of carbonyl (C=O) groups is 3. The van der Waals surface area contributed by atoms with Crippen LogP contribution in [0.4, 0.5) is 0 Å². The predicted octanol–water partition coefficient (Wildman–Crippen LogP) is 3.69. The average Bonchev–Trinajstić information content (AvgIpc) is 2.83. The van der Waals surface area contributed by atoms with Crippen LogP contribution >= 0.6 is 0 Å². The molecule has 5 nitrogen and oxygen atoms in total. The van der Waals surface area contributed by atoms with E-state index < -0.39 is 0 Å². The largest absolute Gasteiger partial charge is 0.352 e. The molecule has 26 heavy (non-hydrogen) atoms. The fourth-order valence-corrected chi connectivity index (χ4v) is 2.37. The first kappa shape index (κ1) is 21.6. The number of rotatable bonds is 4. The summed E-state index contributed by atoms with van der Waals surface area (Å²) in [4.78, 5) is 35.0. The van der Waals surface area contributed by atoms with Crippen LogP contribution in [0, 0.1) is 5.41 Å². The van der Waals surface area contributed by atoms with Crippen LogP contribution in [0.3, 0.4) is 0 Å². The van der Waals surface area contributed by atoms with E-state index in [1.165, 1.54) is 0 Å². The van der Waals surface area contributed by atoms with E-state index in [1.54, 1.807) is 31.0 Å². The van der Waals surface area contributed by atoms with Gasteiger partial charge in [0.15, 0.2) is 5.78 Å². The van der Waals surface area contributed by atoms with Crippen molar-refractivity contribution in [2.45, 2.75) is 53.5 Å². The van der Waals surface area contributed by atoms with Crippen molar-refractivity contribution in [1.29, 1.82) is 0 Å². The molecule has 1 N–H and O–H groups in total. The Balaban J connectivity index is 0.000000350. The second kappa shape index (κ2) is 9.32. The molecule has 0 bridgehead atoms. The zero-order valence-corrected chi connectivity index (χ0v) is 16.5. The summed E-state index contributed by atoms with van der Waals surface area (Å²) in [7, 11) is 1.76. The third kappa shape index (κ3) is 7.64. The average molecular weight is 358 g/mol. The Morgan fingerprint density at radius 3 is 2.08 bits per heavy atom. The number of nitrogens with zero attached hydrogens (tertiary/aromatic N) is 1.